The lowest BCUT2D eigenvalue weighted by atomic mass is 9.45. The summed E-state index contributed by atoms with van der Waals surface area (Å²) in [5.74, 6) is 0. The zero-order valence-electron chi connectivity index (χ0n) is 41.1. The topological polar surface area (TPSA) is 6.48 Å². The van der Waals surface area contributed by atoms with Crippen LogP contribution in [0.5, 0.6) is 0 Å². The molecule has 2 nitrogen and oxygen atoms in total. The molecule has 3 heterocycles. The summed E-state index contributed by atoms with van der Waals surface area (Å²) in [6.45, 7) is 30.7. The molecule has 0 N–H and O–H groups in total. The van der Waals surface area contributed by atoms with Gasteiger partial charge in [-0.2, -0.15) is 0 Å². The minimum atomic E-state index is -0.229. The van der Waals surface area contributed by atoms with Gasteiger partial charge in [0.05, 0.1) is 5.69 Å². The molecule has 7 aromatic carbocycles. The smallest absolute Gasteiger partial charge is 0.343 e. The van der Waals surface area contributed by atoms with Gasteiger partial charge in [0.1, 0.15) is 0 Å². The van der Waals surface area contributed by atoms with Crippen LogP contribution in [0.4, 0.5) is 28.4 Å². The van der Waals surface area contributed by atoms with Gasteiger partial charge in [-0.15, -0.1) is 11.3 Å². The monoisotopic (exact) mass is 876 g/mol. The number of fused-ring (bicyclic) bond motifs is 13. The fraction of sp³-hybridized carbons (Fsp3) is 0.290. The summed E-state index contributed by atoms with van der Waals surface area (Å²) in [7, 11) is 0. The van der Waals surface area contributed by atoms with Crippen LogP contribution in [0.1, 0.15) is 129 Å². The molecule has 4 heteroatoms. The Labute approximate surface area is 397 Å². The van der Waals surface area contributed by atoms with E-state index in [1.807, 2.05) is 11.3 Å². The van der Waals surface area contributed by atoms with Gasteiger partial charge in [0, 0.05) is 54.0 Å². The molecule has 0 unspecified atom stereocenters. The van der Waals surface area contributed by atoms with Gasteiger partial charge in [-0.1, -0.05) is 169 Å². The van der Waals surface area contributed by atoms with Crippen molar-refractivity contribution in [2.24, 2.45) is 0 Å². The fourth-order valence-corrected chi connectivity index (χ4v) is 13.5. The summed E-state index contributed by atoms with van der Waals surface area (Å²) in [6.07, 6.45) is 0. The quantitative estimate of drug-likeness (QED) is 0.160. The second-order valence-electron chi connectivity index (χ2n) is 23.8. The predicted octanol–water partition coefficient (Wildman–Crippen LogP) is 16.1. The van der Waals surface area contributed by atoms with Crippen LogP contribution in [0.2, 0.25) is 0 Å². The summed E-state index contributed by atoms with van der Waals surface area (Å²) >= 11 is 2.00. The number of anilines is 5. The van der Waals surface area contributed by atoms with Crippen molar-refractivity contribution >= 4 is 66.9 Å². The summed E-state index contributed by atoms with van der Waals surface area (Å²) < 4.78 is 2.72. The molecule has 0 atom stereocenters. The van der Waals surface area contributed by atoms with Gasteiger partial charge in [0.25, 0.3) is 0 Å². The molecule has 66 heavy (non-hydrogen) atoms. The Kier molecular flexibility index (Phi) is 8.45. The molecule has 0 fully saturated rings. The Balaban J connectivity index is 1.27. The molecule has 1 aromatic heterocycles. The van der Waals surface area contributed by atoms with Gasteiger partial charge in [-0.3, -0.25) is 0 Å². The SMILES string of the molecule is CC(C)(C)c1ccc(N2B3c4sc5ccc(C(C)(C)C)cc5c4N(c4ccc(C(C)(C)C)cc4)c4cc5c(c(c43)-c3cc4c(cc32)-c2ccccc2C4(C)C)C(C)(C)c2ccccc2-5)cc1. The van der Waals surface area contributed by atoms with Gasteiger partial charge >= 0.3 is 6.85 Å². The first-order valence-corrected chi connectivity index (χ1v) is 24.9. The largest absolute Gasteiger partial charge is 0.376 e. The van der Waals surface area contributed by atoms with Gasteiger partial charge in [0.2, 0.25) is 0 Å². The third kappa shape index (κ3) is 5.67. The maximum absolute atomic E-state index is 2.75. The molecular weight excluding hydrogens is 816 g/mol. The lowest BCUT2D eigenvalue weighted by Crippen LogP contribution is -2.61. The van der Waals surface area contributed by atoms with Crippen LogP contribution in [-0.4, -0.2) is 6.85 Å². The molecule has 0 radical (unpaired) electrons. The van der Waals surface area contributed by atoms with E-state index in [2.05, 4.69) is 233 Å². The number of thiophene rings is 1. The molecule has 12 rings (SSSR count). The van der Waals surface area contributed by atoms with Crippen LogP contribution < -0.4 is 20.0 Å². The summed E-state index contributed by atoms with van der Waals surface area (Å²) in [4.78, 5) is 5.43. The minimum absolute atomic E-state index is 0.00683. The van der Waals surface area contributed by atoms with Crippen molar-refractivity contribution in [3.05, 3.63) is 172 Å². The van der Waals surface area contributed by atoms with E-state index >= 15 is 0 Å². The average molecular weight is 877 g/mol. The zero-order valence-corrected chi connectivity index (χ0v) is 41.9. The third-order valence-corrected chi connectivity index (χ3v) is 17.1. The molecule has 2 aliphatic carbocycles. The Morgan fingerprint density at radius 3 is 1.61 bits per heavy atom. The van der Waals surface area contributed by atoms with E-state index in [4.69, 9.17) is 0 Å². The minimum Gasteiger partial charge on any atom is -0.376 e. The first-order chi connectivity index (χ1) is 31.2. The van der Waals surface area contributed by atoms with Crippen molar-refractivity contribution in [3.8, 4) is 33.4 Å². The predicted molar refractivity (Wildman–Crippen MR) is 287 cm³/mol. The van der Waals surface area contributed by atoms with Crippen LogP contribution in [0.25, 0.3) is 43.5 Å². The van der Waals surface area contributed by atoms with E-state index in [-0.39, 0.29) is 33.9 Å². The highest BCUT2D eigenvalue weighted by Gasteiger charge is 2.52. The van der Waals surface area contributed by atoms with Crippen molar-refractivity contribution in [3.63, 3.8) is 0 Å². The molecule has 0 saturated heterocycles. The maximum atomic E-state index is 2.75. The molecule has 2 aliphatic heterocycles. The van der Waals surface area contributed by atoms with Crippen LogP contribution in [0.15, 0.2) is 133 Å². The van der Waals surface area contributed by atoms with E-state index in [1.54, 1.807) is 0 Å². The Morgan fingerprint density at radius 2 is 1.00 bits per heavy atom. The Bertz CT molecular complexity index is 3360. The Morgan fingerprint density at radius 1 is 0.470 bits per heavy atom. The van der Waals surface area contributed by atoms with E-state index in [9.17, 15) is 0 Å². The van der Waals surface area contributed by atoms with Crippen molar-refractivity contribution in [1.29, 1.82) is 0 Å². The molecule has 0 amide bonds. The lowest BCUT2D eigenvalue weighted by Gasteiger charge is -2.46. The first kappa shape index (κ1) is 41.6. The van der Waals surface area contributed by atoms with Crippen molar-refractivity contribution in [2.75, 3.05) is 9.71 Å². The highest BCUT2D eigenvalue weighted by atomic mass is 32.1. The third-order valence-electron chi connectivity index (χ3n) is 15.9. The van der Waals surface area contributed by atoms with E-state index in [0.717, 1.165) is 0 Å². The highest BCUT2D eigenvalue weighted by molar-refractivity contribution is 7.32. The highest BCUT2D eigenvalue weighted by Crippen LogP contribution is 2.61. The van der Waals surface area contributed by atoms with Crippen LogP contribution in [-0.2, 0) is 27.1 Å². The van der Waals surface area contributed by atoms with E-state index in [0.29, 0.717) is 0 Å². The molecule has 8 aromatic rings. The second-order valence-corrected chi connectivity index (χ2v) is 24.9. The van der Waals surface area contributed by atoms with E-state index < -0.39 is 0 Å². The van der Waals surface area contributed by atoms with Crippen molar-refractivity contribution < 1.29 is 0 Å². The molecule has 4 aliphatic rings. The summed E-state index contributed by atoms with van der Waals surface area (Å²) in [5.41, 5.74) is 25.3. The second kappa shape index (κ2) is 13.4. The van der Waals surface area contributed by atoms with Crippen LogP contribution in [0, 0.1) is 0 Å². The zero-order chi connectivity index (χ0) is 46.2. The van der Waals surface area contributed by atoms with Crippen LogP contribution >= 0.6 is 11.3 Å². The molecular formula is C62H61BN2S. The molecule has 0 spiro atoms. The van der Waals surface area contributed by atoms with Gasteiger partial charge in [-0.25, -0.2) is 0 Å². The number of benzene rings is 7. The van der Waals surface area contributed by atoms with Gasteiger partial charge in [0.15, 0.2) is 0 Å². The number of rotatable bonds is 2. The maximum Gasteiger partial charge on any atom is 0.343 e. The van der Waals surface area contributed by atoms with E-state index in [1.165, 1.54) is 121 Å². The molecule has 328 valence electrons. The molecule has 0 saturated carbocycles. The van der Waals surface area contributed by atoms with Gasteiger partial charge in [-0.05, 0) is 143 Å². The lowest BCUT2D eigenvalue weighted by molar-refractivity contribution is 0.590. The summed E-state index contributed by atoms with van der Waals surface area (Å²) in [6, 6.07) is 52.6. The summed E-state index contributed by atoms with van der Waals surface area (Å²) in [5, 5.41) is 1.33. The fourth-order valence-electron chi connectivity index (χ4n) is 12.2. The normalized spacial score (nSPS) is 16.1. The first-order valence-electron chi connectivity index (χ1n) is 24.1. The number of nitrogens with zero attached hydrogens (tertiary/aromatic N) is 2. The van der Waals surface area contributed by atoms with Gasteiger partial charge < -0.3 is 9.71 Å². The average Bonchev–Trinajstić information content (AvgIpc) is 3.84. The van der Waals surface area contributed by atoms with Crippen LogP contribution in [0.3, 0.4) is 0 Å². The van der Waals surface area contributed by atoms with Crippen molar-refractivity contribution in [2.45, 2.75) is 117 Å². The molecule has 0 bridgehead atoms. The standard InChI is InChI=1S/C62H61BN2S/c1-58(2,3)36-22-27-39(28-23-36)64-51-35-44-42-19-15-17-21-48(42)62(12,13)54(44)53-45-33-49-43(41-18-14-16-20-47(41)61(49,10)11)34-50(45)65(40-29-24-37(25-30-40)59(4,5)6)63(55(51)53)57-56(64)46-32-38(60(7,8)9)26-31-52(46)66-57/h14-35H,1-13H3. The Hall–Kier alpha value is -5.84. The number of hydrogen-bond acceptors (Lipinski definition) is 3. The number of hydrogen-bond donors (Lipinski definition) is 0. The van der Waals surface area contributed by atoms with Crippen molar-refractivity contribution in [1.82, 2.24) is 0 Å².